The first-order chi connectivity index (χ1) is 9.25. The van der Waals surface area contributed by atoms with Gasteiger partial charge in [-0.25, -0.2) is 4.79 Å². The molecule has 0 spiro atoms. The maximum absolute atomic E-state index is 11.0. The Kier molecular flexibility index (Phi) is 3.05. The summed E-state index contributed by atoms with van der Waals surface area (Å²) in [6, 6.07) is 7.03. The SMILES string of the molecule is O=C(O)c1ccc2c(N3CCOCC3)ccnc2c1. The van der Waals surface area contributed by atoms with Gasteiger partial charge in [0.25, 0.3) is 0 Å². The summed E-state index contributed by atoms with van der Waals surface area (Å²) in [4.78, 5) is 17.5. The Morgan fingerprint density at radius 2 is 2.05 bits per heavy atom. The van der Waals surface area contributed by atoms with Crippen molar-refractivity contribution < 1.29 is 14.6 Å². The summed E-state index contributed by atoms with van der Waals surface area (Å²) < 4.78 is 5.35. The second-order valence-electron chi connectivity index (χ2n) is 4.47. The van der Waals surface area contributed by atoms with Crippen LogP contribution in [-0.2, 0) is 4.74 Å². The summed E-state index contributed by atoms with van der Waals surface area (Å²) in [5.41, 5.74) is 2.06. The van der Waals surface area contributed by atoms with E-state index in [0.717, 1.165) is 37.4 Å². The van der Waals surface area contributed by atoms with E-state index in [1.807, 2.05) is 12.1 Å². The standard InChI is InChI=1S/C14H14N2O3/c17-14(18)10-1-2-11-12(9-10)15-4-3-13(11)16-5-7-19-8-6-16/h1-4,9H,5-8H2,(H,17,18). The van der Waals surface area contributed by atoms with E-state index in [0.29, 0.717) is 5.52 Å². The van der Waals surface area contributed by atoms with Crippen molar-refractivity contribution >= 4 is 22.6 Å². The zero-order valence-corrected chi connectivity index (χ0v) is 10.4. The van der Waals surface area contributed by atoms with Crippen LogP contribution in [0.3, 0.4) is 0 Å². The van der Waals surface area contributed by atoms with E-state index in [1.54, 1.807) is 18.3 Å². The molecule has 5 nitrogen and oxygen atoms in total. The average Bonchev–Trinajstić information content (AvgIpc) is 2.47. The molecule has 1 aromatic heterocycles. The number of morpholine rings is 1. The third kappa shape index (κ3) is 2.24. The molecule has 1 aromatic carbocycles. The van der Waals surface area contributed by atoms with Gasteiger partial charge < -0.3 is 14.7 Å². The monoisotopic (exact) mass is 258 g/mol. The molecule has 1 saturated heterocycles. The van der Waals surface area contributed by atoms with Crippen LogP contribution in [0.2, 0.25) is 0 Å². The number of hydrogen-bond donors (Lipinski definition) is 1. The normalized spacial score (nSPS) is 15.7. The van der Waals surface area contributed by atoms with Crippen molar-refractivity contribution in [3.05, 3.63) is 36.0 Å². The van der Waals surface area contributed by atoms with Gasteiger partial charge in [0.15, 0.2) is 0 Å². The maximum atomic E-state index is 11.0. The van der Waals surface area contributed by atoms with E-state index < -0.39 is 5.97 Å². The molecule has 0 amide bonds. The predicted octanol–water partition coefficient (Wildman–Crippen LogP) is 1.77. The van der Waals surface area contributed by atoms with Gasteiger partial charge >= 0.3 is 5.97 Å². The summed E-state index contributed by atoms with van der Waals surface area (Å²) in [6.45, 7) is 3.13. The van der Waals surface area contributed by atoms with Gasteiger partial charge in [-0.2, -0.15) is 0 Å². The van der Waals surface area contributed by atoms with Gasteiger partial charge in [0, 0.05) is 30.4 Å². The Balaban J connectivity index is 2.07. The molecule has 98 valence electrons. The minimum absolute atomic E-state index is 0.263. The first-order valence-corrected chi connectivity index (χ1v) is 6.20. The Labute approximate surface area is 110 Å². The summed E-state index contributed by atoms with van der Waals surface area (Å²) in [5, 5.41) is 9.99. The van der Waals surface area contributed by atoms with Crippen molar-refractivity contribution in [3.8, 4) is 0 Å². The Bertz CT molecular complexity index is 621. The highest BCUT2D eigenvalue weighted by Gasteiger charge is 2.14. The fourth-order valence-corrected chi connectivity index (χ4v) is 2.35. The maximum Gasteiger partial charge on any atom is 0.335 e. The van der Waals surface area contributed by atoms with Crippen LogP contribution in [0.1, 0.15) is 10.4 Å². The van der Waals surface area contributed by atoms with Crippen LogP contribution in [-0.4, -0.2) is 42.4 Å². The number of fused-ring (bicyclic) bond motifs is 1. The Hall–Kier alpha value is -2.14. The second kappa shape index (κ2) is 4.85. The number of anilines is 1. The van der Waals surface area contributed by atoms with Crippen LogP contribution >= 0.6 is 0 Å². The van der Waals surface area contributed by atoms with E-state index in [1.165, 1.54) is 0 Å². The molecule has 2 heterocycles. The first-order valence-electron chi connectivity index (χ1n) is 6.20. The number of ether oxygens (including phenoxy) is 1. The minimum Gasteiger partial charge on any atom is -0.478 e. The first kappa shape index (κ1) is 11.9. The molecule has 0 saturated carbocycles. The van der Waals surface area contributed by atoms with Crippen LogP contribution in [0.4, 0.5) is 5.69 Å². The number of benzene rings is 1. The van der Waals surface area contributed by atoms with Crippen molar-refractivity contribution in [2.24, 2.45) is 0 Å². The lowest BCUT2D eigenvalue weighted by atomic mass is 10.1. The predicted molar refractivity (Wildman–Crippen MR) is 71.7 cm³/mol. The van der Waals surface area contributed by atoms with Crippen molar-refractivity contribution in [1.29, 1.82) is 0 Å². The lowest BCUT2D eigenvalue weighted by Gasteiger charge is -2.29. The molecule has 1 aliphatic rings. The van der Waals surface area contributed by atoms with E-state index in [4.69, 9.17) is 9.84 Å². The number of pyridine rings is 1. The number of carboxylic acids is 1. The zero-order valence-electron chi connectivity index (χ0n) is 10.4. The molecule has 3 rings (SSSR count). The van der Waals surface area contributed by atoms with Crippen molar-refractivity contribution in [3.63, 3.8) is 0 Å². The lowest BCUT2D eigenvalue weighted by molar-refractivity contribution is 0.0697. The summed E-state index contributed by atoms with van der Waals surface area (Å²) >= 11 is 0. The largest absolute Gasteiger partial charge is 0.478 e. The molecule has 1 fully saturated rings. The molecule has 19 heavy (non-hydrogen) atoms. The molecule has 0 bridgehead atoms. The van der Waals surface area contributed by atoms with Gasteiger partial charge in [0.05, 0.1) is 24.3 Å². The third-order valence-electron chi connectivity index (χ3n) is 3.32. The van der Waals surface area contributed by atoms with E-state index in [2.05, 4.69) is 9.88 Å². The molecule has 0 radical (unpaired) electrons. The minimum atomic E-state index is -0.930. The fourth-order valence-electron chi connectivity index (χ4n) is 2.35. The quantitative estimate of drug-likeness (QED) is 0.889. The molecule has 0 aliphatic carbocycles. The molecule has 1 aliphatic heterocycles. The number of nitrogens with zero attached hydrogens (tertiary/aromatic N) is 2. The van der Waals surface area contributed by atoms with Crippen molar-refractivity contribution in [1.82, 2.24) is 4.98 Å². The summed E-state index contributed by atoms with van der Waals surface area (Å²) in [6.07, 6.45) is 1.72. The Morgan fingerprint density at radius 1 is 1.26 bits per heavy atom. The fraction of sp³-hybridized carbons (Fsp3) is 0.286. The lowest BCUT2D eigenvalue weighted by Crippen LogP contribution is -2.36. The molecule has 5 heteroatoms. The highest BCUT2D eigenvalue weighted by Crippen LogP contribution is 2.26. The molecule has 0 atom stereocenters. The zero-order chi connectivity index (χ0) is 13.2. The number of hydrogen-bond acceptors (Lipinski definition) is 4. The van der Waals surface area contributed by atoms with Gasteiger partial charge in [0.2, 0.25) is 0 Å². The number of rotatable bonds is 2. The van der Waals surface area contributed by atoms with E-state index >= 15 is 0 Å². The van der Waals surface area contributed by atoms with E-state index in [-0.39, 0.29) is 5.56 Å². The number of carboxylic acid groups (broad SMARTS) is 1. The van der Waals surface area contributed by atoms with Crippen molar-refractivity contribution in [2.45, 2.75) is 0 Å². The van der Waals surface area contributed by atoms with Gasteiger partial charge in [-0.3, -0.25) is 4.98 Å². The third-order valence-corrected chi connectivity index (χ3v) is 3.32. The second-order valence-corrected chi connectivity index (χ2v) is 4.47. The molecular weight excluding hydrogens is 244 g/mol. The number of aromatic carboxylic acids is 1. The molecule has 0 unspecified atom stereocenters. The smallest absolute Gasteiger partial charge is 0.335 e. The molecule has 1 N–H and O–H groups in total. The highest BCUT2D eigenvalue weighted by molar-refractivity contribution is 5.97. The topological polar surface area (TPSA) is 62.7 Å². The van der Waals surface area contributed by atoms with Crippen LogP contribution in [0.25, 0.3) is 10.9 Å². The number of aromatic nitrogens is 1. The average molecular weight is 258 g/mol. The van der Waals surface area contributed by atoms with Crippen LogP contribution in [0.5, 0.6) is 0 Å². The summed E-state index contributed by atoms with van der Waals surface area (Å²) in [7, 11) is 0. The summed E-state index contributed by atoms with van der Waals surface area (Å²) in [5.74, 6) is -0.930. The van der Waals surface area contributed by atoms with E-state index in [9.17, 15) is 4.79 Å². The van der Waals surface area contributed by atoms with Gasteiger partial charge in [0.1, 0.15) is 0 Å². The highest BCUT2D eigenvalue weighted by atomic mass is 16.5. The number of carbonyl (C=O) groups is 1. The van der Waals surface area contributed by atoms with Crippen LogP contribution in [0, 0.1) is 0 Å². The molecular formula is C14H14N2O3. The van der Waals surface area contributed by atoms with Gasteiger partial charge in [-0.05, 0) is 24.3 Å². The van der Waals surface area contributed by atoms with Crippen LogP contribution < -0.4 is 4.90 Å². The van der Waals surface area contributed by atoms with Crippen LogP contribution in [0.15, 0.2) is 30.5 Å². The van der Waals surface area contributed by atoms with Gasteiger partial charge in [-0.1, -0.05) is 0 Å². The van der Waals surface area contributed by atoms with Gasteiger partial charge in [-0.15, -0.1) is 0 Å². The van der Waals surface area contributed by atoms with Crippen molar-refractivity contribution in [2.75, 3.05) is 31.2 Å². The Morgan fingerprint density at radius 3 is 2.79 bits per heavy atom. The molecule has 2 aromatic rings.